The number of hydrogen-bond acceptors (Lipinski definition) is 2. The molecule has 0 aromatic heterocycles. The highest BCUT2D eigenvalue weighted by Gasteiger charge is 2.12. The first-order valence-corrected chi connectivity index (χ1v) is 7.68. The third-order valence-electron chi connectivity index (χ3n) is 4.00. The van der Waals surface area contributed by atoms with Crippen LogP contribution in [0.1, 0.15) is 29.5 Å². The predicted octanol–water partition coefficient (Wildman–Crippen LogP) is 3.20. The first-order valence-electron chi connectivity index (χ1n) is 7.68. The van der Waals surface area contributed by atoms with Gasteiger partial charge in [0.1, 0.15) is 5.75 Å². The van der Waals surface area contributed by atoms with Gasteiger partial charge in [0, 0.05) is 5.69 Å². The van der Waals surface area contributed by atoms with Crippen molar-refractivity contribution in [3.05, 3.63) is 59.2 Å². The molecule has 0 unspecified atom stereocenters. The number of nitrogens with zero attached hydrogens (tertiary/aromatic N) is 1. The lowest BCUT2D eigenvalue weighted by molar-refractivity contribution is 0.474. The average Bonchev–Trinajstić information content (AvgIpc) is 2.53. The molecule has 0 fully saturated rings. The summed E-state index contributed by atoms with van der Waals surface area (Å²) in [6.45, 7) is 0.447. The monoisotopic (exact) mass is 295 g/mol. The summed E-state index contributed by atoms with van der Waals surface area (Å²) in [5, 5.41) is 12.7. The number of benzene rings is 2. The molecule has 4 nitrogen and oxygen atoms in total. The van der Waals surface area contributed by atoms with Crippen LogP contribution in [0.25, 0.3) is 0 Å². The highest BCUT2D eigenvalue weighted by molar-refractivity contribution is 5.93. The van der Waals surface area contributed by atoms with Crippen LogP contribution in [-0.4, -0.2) is 11.1 Å². The largest absolute Gasteiger partial charge is 0.508 e. The number of phenols is 1. The lowest BCUT2D eigenvalue weighted by Gasteiger charge is -2.19. The van der Waals surface area contributed by atoms with Gasteiger partial charge in [0.2, 0.25) is 0 Å². The molecule has 0 radical (unpaired) electrons. The maximum Gasteiger partial charge on any atom is 0.193 e. The summed E-state index contributed by atoms with van der Waals surface area (Å²) in [4.78, 5) is 4.35. The van der Waals surface area contributed by atoms with Gasteiger partial charge in [-0.3, -0.25) is 0 Å². The van der Waals surface area contributed by atoms with E-state index < -0.39 is 0 Å². The molecule has 4 N–H and O–H groups in total. The first-order chi connectivity index (χ1) is 10.7. The molecule has 0 heterocycles. The van der Waals surface area contributed by atoms with Gasteiger partial charge in [0.25, 0.3) is 0 Å². The Morgan fingerprint density at radius 2 is 1.95 bits per heavy atom. The van der Waals surface area contributed by atoms with Crippen molar-refractivity contribution in [1.82, 2.24) is 0 Å². The molecule has 0 saturated heterocycles. The van der Waals surface area contributed by atoms with Crippen LogP contribution in [0.15, 0.2) is 47.5 Å². The van der Waals surface area contributed by atoms with Gasteiger partial charge in [-0.1, -0.05) is 24.3 Å². The molecule has 0 bridgehead atoms. The van der Waals surface area contributed by atoms with Crippen LogP contribution < -0.4 is 11.1 Å². The number of aromatic hydroxyl groups is 1. The third-order valence-corrected chi connectivity index (χ3v) is 4.00. The van der Waals surface area contributed by atoms with E-state index in [9.17, 15) is 5.11 Å². The van der Waals surface area contributed by atoms with E-state index in [0.717, 1.165) is 24.1 Å². The summed E-state index contributed by atoms with van der Waals surface area (Å²) in [5.41, 5.74) is 10.8. The van der Waals surface area contributed by atoms with E-state index in [2.05, 4.69) is 28.5 Å². The molecular formula is C18H21N3O. The fourth-order valence-corrected chi connectivity index (χ4v) is 2.91. The van der Waals surface area contributed by atoms with E-state index >= 15 is 0 Å². The molecule has 0 aliphatic heterocycles. The molecule has 4 heteroatoms. The SMILES string of the molecule is NC(=NCc1cccc(O)c1)Nc1cccc2c1CCCC2. The van der Waals surface area contributed by atoms with Crippen LogP contribution >= 0.6 is 0 Å². The predicted molar refractivity (Wildman–Crippen MR) is 90.1 cm³/mol. The van der Waals surface area contributed by atoms with Crippen LogP contribution in [0.4, 0.5) is 5.69 Å². The van der Waals surface area contributed by atoms with Gasteiger partial charge in [-0.2, -0.15) is 0 Å². The number of fused-ring (bicyclic) bond motifs is 1. The molecule has 114 valence electrons. The highest BCUT2D eigenvalue weighted by atomic mass is 16.3. The van der Waals surface area contributed by atoms with Crippen LogP contribution in [-0.2, 0) is 19.4 Å². The summed E-state index contributed by atoms with van der Waals surface area (Å²) in [6.07, 6.45) is 4.73. The van der Waals surface area contributed by atoms with Gasteiger partial charge in [0.05, 0.1) is 6.54 Å². The Bertz CT molecular complexity index is 694. The number of aryl methyl sites for hydroxylation is 1. The molecule has 22 heavy (non-hydrogen) atoms. The van der Waals surface area contributed by atoms with Crippen molar-refractivity contribution in [2.45, 2.75) is 32.2 Å². The molecule has 1 aliphatic carbocycles. The minimum atomic E-state index is 0.247. The summed E-state index contributed by atoms with van der Waals surface area (Å²) >= 11 is 0. The Morgan fingerprint density at radius 1 is 1.14 bits per heavy atom. The zero-order valence-corrected chi connectivity index (χ0v) is 12.5. The van der Waals surface area contributed by atoms with Crippen molar-refractivity contribution in [3.63, 3.8) is 0 Å². The maximum atomic E-state index is 9.45. The second-order valence-electron chi connectivity index (χ2n) is 5.65. The van der Waals surface area contributed by atoms with Crippen molar-refractivity contribution in [2.24, 2.45) is 10.7 Å². The quantitative estimate of drug-likeness (QED) is 0.601. The zero-order chi connectivity index (χ0) is 15.4. The molecule has 0 amide bonds. The average molecular weight is 295 g/mol. The third kappa shape index (κ3) is 3.39. The van der Waals surface area contributed by atoms with Crippen molar-refractivity contribution < 1.29 is 5.11 Å². The number of aliphatic imine (C=N–C) groups is 1. The summed E-state index contributed by atoms with van der Waals surface area (Å²) in [5.74, 6) is 0.652. The summed E-state index contributed by atoms with van der Waals surface area (Å²) < 4.78 is 0. The molecule has 3 rings (SSSR count). The molecule has 1 aliphatic rings. The Kier molecular flexibility index (Phi) is 4.28. The highest BCUT2D eigenvalue weighted by Crippen LogP contribution is 2.27. The Morgan fingerprint density at radius 3 is 2.82 bits per heavy atom. The van der Waals surface area contributed by atoms with Crippen LogP contribution in [0.5, 0.6) is 5.75 Å². The number of anilines is 1. The molecule has 0 atom stereocenters. The number of hydrogen-bond donors (Lipinski definition) is 3. The van der Waals surface area contributed by atoms with Gasteiger partial charge < -0.3 is 16.2 Å². The van der Waals surface area contributed by atoms with E-state index in [-0.39, 0.29) is 5.75 Å². The normalized spacial score (nSPS) is 14.5. The van der Waals surface area contributed by atoms with Gasteiger partial charge in [-0.15, -0.1) is 0 Å². The van der Waals surface area contributed by atoms with Crippen LogP contribution in [0.3, 0.4) is 0 Å². The molecular weight excluding hydrogens is 274 g/mol. The number of phenolic OH excluding ortho intramolecular Hbond substituents is 1. The number of nitrogens with two attached hydrogens (primary N) is 1. The van der Waals surface area contributed by atoms with Crippen molar-refractivity contribution >= 4 is 11.6 Å². The van der Waals surface area contributed by atoms with E-state index in [1.54, 1.807) is 18.2 Å². The van der Waals surface area contributed by atoms with Crippen LogP contribution in [0.2, 0.25) is 0 Å². The number of rotatable bonds is 3. The Hall–Kier alpha value is -2.49. The summed E-state index contributed by atoms with van der Waals surface area (Å²) in [6, 6.07) is 13.4. The van der Waals surface area contributed by atoms with Crippen molar-refractivity contribution in [1.29, 1.82) is 0 Å². The first kappa shape index (κ1) is 14.4. The van der Waals surface area contributed by atoms with Crippen molar-refractivity contribution in [2.75, 3.05) is 5.32 Å². The molecule has 2 aromatic rings. The number of nitrogens with one attached hydrogen (secondary N) is 1. The second kappa shape index (κ2) is 6.52. The van der Waals surface area contributed by atoms with E-state index in [4.69, 9.17) is 5.73 Å². The van der Waals surface area contributed by atoms with E-state index in [1.807, 2.05) is 6.07 Å². The molecule has 0 saturated carbocycles. The van der Waals surface area contributed by atoms with Gasteiger partial charge in [-0.25, -0.2) is 4.99 Å². The molecule has 2 aromatic carbocycles. The second-order valence-corrected chi connectivity index (χ2v) is 5.65. The topological polar surface area (TPSA) is 70.6 Å². The summed E-state index contributed by atoms with van der Waals surface area (Å²) in [7, 11) is 0. The fraction of sp³-hybridized carbons (Fsp3) is 0.278. The van der Waals surface area contributed by atoms with Gasteiger partial charge in [0.15, 0.2) is 5.96 Å². The Labute approximate surface area is 130 Å². The standard InChI is InChI=1S/C18H21N3O/c19-18(20-12-13-5-3-8-15(22)11-13)21-17-10-4-7-14-6-1-2-9-16(14)17/h3-5,7-8,10-11,22H,1-2,6,9,12H2,(H3,19,20,21). The minimum absolute atomic E-state index is 0.247. The smallest absolute Gasteiger partial charge is 0.193 e. The van der Waals surface area contributed by atoms with E-state index in [1.165, 1.54) is 24.0 Å². The Balaban J connectivity index is 1.71. The lowest BCUT2D eigenvalue weighted by Crippen LogP contribution is -2.24. The van der Waals surface area contributed by atoms with Crippen molar-refractivity contribution in [3.8, 4) is 5.75 Å². The maximum absolute atomic E-state index is 9.45. The van der Waals surface area contributed by atoms with Crippen LogP contribution in [0, 0.1) is 0 Å². The number of guanidine groups is 1. The van der Waals surface area contributed by atoms with E-state index in [0.29, 0.717) is 12.5 Å². The molecule has 0 spiro atoms. The zero-order valence-electron chi connectivity index (χ0n) is 12.5. The van der Waals surface area contributed by atoms with Gasteiger partial charge >= 0.3 is 0 Å². The lowest BCUT2D eigenvalue weighted by atomic mass is 9.90. The fourth-order valence-electron chi connectivity index (χ4n) is 2.91. The van der Waals surface area contributed by atoms with Gasteiger partial charge in [-0.05, 0) is 60.6 Å². The minimum Gasteiger partial charge on any atom is -0.508 e.